The monoisotopic (exact) mass is 1100 g/mol. The molecular formula is C62H64N8O11. The second kappa shape index (κ2) is 23.5. The molecule has 0 radical (unpaired) electrons. The fourth-order valence-corrected chi connectivity index (χ4v) is 11.8. The molecular weight excluding hydrogens is 1030 g/mol. The van der Waals surface area contributed by atoms with Gasteiger partial charge >= 0.3 is 5.97 Å². The molecule has 6 fully saturated rings. The van der Waals surface area contributed by atoms with Crippen molar-refractivity contribution >= 4 is 53.2 Å². The maximum atomic E-state index is 14.9. The van der Waals surface area contributed by atoms with E-state index >= 15 is 0 Å². The van der Waals surface area contributed by atoms with Crippen molar-refractivity contribution in [2.75, 3.05) is 45.9 Å². The molecule has 5 aromatic rings. The molecule has 2 aliphatic heterocycles. The number of carboxylic acids is 1. The quantitative estimate of drug-likeness (QED) is 0.0560. The third-order valence-electron chi connectivity index (χ3n) is 16.6. The molecule has 0 unspecified atom stereocenters. The van der Waals surface area contributed by atoms with Crippen molar-refractivity contribution in [3.8, 4) is 5.75 Å². The first kappa shape index (κ1) is 54.1. The van der Waals surface area contributed by atoms with Gasteiger partial charge in [-0.2, -0.15) is 0 Å². The van der Waals surface area contributed by atoms with Gasteiger partial charge in [0.2, 0.25) is 29.5 Å². The van der Waals surface area contributed by atoms with E-state index in [1.165, 1.54) is 28.0 Å². The van der Waals surface area contributed by atoms with Crippen molar-refractivity contribution in [2.24, 2.45) is 23.7 Å². The lowest BCUT2D eigenvalue weighted by molar-refractivity contribution is -0.137. The summed E-state index contributed by atoms with van der Waals surface area (Å²) in [7, 11) is 0. The molecule has 19 heteroatoms. The molecule has 4 aliphatic carbocycles. The Balaban J connectivity index is 0.828. The van der Waals surface area contributed by atoms with Crippen molar-refractivity contribution in [3.63, 3.8) is 0 Å². The van der Waals surface area contributed by atoms with Crippen LogP contribution in [0.15, 0.2) is 140 Å². The zero-order valence-corrected chi connectivity index (χ0v) is 44.4. The van der Waals surface area contributed by atoms with Crippen LogP contribution in [0.1, 0.15) is 92.3 Å². The number of hydrogen-bond acceptors (Lipinski definition) is 10. The molecule has 8 amide bonds. The standard InChI is InChI=1S/C62H64N8O11/c71-54(64-29-56(73)74)28-63-55(72)34-81-53-23-39(61(79)69-30-45(57(75)65-49-24-41(49)35-13-5-1-6-14-35)46(31-69)58(76)66-50-25-42(50)36-15-7-2-8-16-36)21-22-40(53)62(80)70-32-47(59(77)67-51-26-43(51)37-17-9-3-10-18-37)48(33-70)60(78)68-52-27-44(52)38-19-11-4-12-20-38/h1-23,41-52H,24-34H2,(H,63,72)(H,64,71)(H,65,75)(H,66,76)(H,67,77)(H,68,78)(H,73,74)/t41-,42-,43-,44-,45-,46-,47-,48-,49+,50+,51+,52+/m1/s1. The lowest BCUT2D eigenvalue weighted by Gasteiger charge is -2.21. The van der Waals surface area contributed by atoms with E-state index in [9.17, 15) is 43.2 Å². The molecule has 418 valence electrons. The highest BCUT2D eigenvalue weighted by molar-refractivity contribution is 6.02. The molecule has 0 aromatic heterocycles. The molecule has 11 rings (SSSR count). The van der Waals surface area contributed by atoms with Crippen LogP contribution in [0.25, 0.3) is 0 Å². The van der Waals surface area contributed by atoms with E-state index in [0.717, 1.165) is 47.9 Å². The minimum atomic E-state index is -1.28. The Labute approximate surface area is 467 Å². The highest BCUT2D eigenvalue weighted by atomic mass is 16.5. The van der Waals surface area contributed by atoms with Gasteiger partial charge in [-0.3, -0.25) is 43.2 Å². The van der Waals surface area contributed by atoms with Crippen LogP contribution in [0.3, 0.4) is 0 Å². The van der Waals surface area contributed by atoms with Gasteiger partial charge in [0.15, 0.2) is 6.61 Å². The summed E-state index contributed by atoms with van der Waals surface area (Å²) in [6.45, 7) is -2.46. The summed E-state index contributed by atoms with van der Waals surface area (Å²) in [4.78, 5) is 126. The van der Waals surface area contributed by atoms with Gasteiger partial charge < -0.3 is 51.5 Å². The number of likely N-dealkylation sites (tertiary alicyclic amines) is 2. The lowest BCUT2D eigenvalue weighted by atomic mass is 9.94. The van der Waals surface area contributed by atoms with E-state index in [-0.39, 0.29) is 115 Å². The van der Waals surface area contributed by atoms with Gasteiger partial charge in [0.25, 0.3) is 17.7 Å². The van der Waals surface area contributed by atoms with Gasteiger partial charge in [0.1, 0.15) is 12.3 Å². The molecule has 5 aromatic carbocycles. The molecule has 7 N–H and O–H groups in total. The summed E-state index contributed by atoms with van der Waals surface area (Å²) in [6.07, 6.45) is 2.91. The fraction of sp³-hybridized carbons (Fsp3) is 0.371. The van der Waals surface area contributed by atoms with Gasteiger partial charge in [-0.25, -0.2) is 0 Å². The summed E-state index contributed by atoms with van der Waals surface area (Å²) in [5, 5.41) is 26.0. The molecule has 0 spiro atoms. The third kappa shape index (κ3) is 12.8. The first-order valence-electron chi connectivity index (χ1n) is 27.8. The van der Waals surface area contributed by atoms with Crippen LogP contribution in [0, 0.1) is 23.7 Å². The Bertz CT molecular complexity index is 3070. The Morgan fingerprint density at radius 2 is 0.778 bits per heavy atom. The summed E-state index contributed by atoms with van der Waals surface area (Å²) >= 11 is 0. The highest BCUT2D eigenvalue weighted by Crippen LogP contribution is 2.45. The summed E-state index contributed by atoms with van der Waals surface area (Å²) in [5.74, 6) is -8.92. The molecule has 12 atom stereocenters. The zero-order valence-electron chi connectivity index (χ0n) is 44.4. The number of carboxylic acid groups (broad SMARTS) is 1. The van der Waals surface area contributed by atoms with Gasteiger partial charge in [0, 0.05) is 79.6 Å². The minimum Gasteiger partial charge on any atom is -0.483 e. The molecule has 4 saturated carbocycles. The van der Waals surface area contributed by atoms with E-state index in [2.05, 4.69) is 31.9 Å². The summed E-state index contributed by atoms with van der Waals surface area (Å²) < 4.78 is 6.01. The number of amides is 8. The average Bonchev–Trinajstić information content (AvgIpc) is 4.50. The normalized spacial score (nSPS) is 26.5. The van der Waals surface area contributed by atoms with Gasteiger partial charge in [-0.1, -0.05) is 121 Å². The summed E-state index contributed by atoms with van der Waals surface area (Å²) in [6, 6.07) is 42.8. The SMILES string of the molecule is O=C(O)CNC(=O)CNC(=O)COc1cc(C(=O)N2C[C@@H](C(=O)N[C@H]3C[C@@H]3c3ccccc3)[C@H](C(=O)N[C@H]3C[C@@H]3c3ccccc3)C2)ccc1C(=O)N1C[C@@H](C(=O)N[C@H]2C[C@@H]2c2ccccc2)[C@H](C(=O)N[C@H]2C[C@@H]2c2ccccc2)C1. The predicted molar refractivity (Wildman–Crippen MR) is 294 cm³/mol. The number of nitrogens with zero attached hydrogens (tertiary/aromatic N) is 2. The first-order valence-corrected chi connectivity index (χ1v) is 27.8. The van der Waals surface area contributed by atoms with E-state index in [4.69, 9.17) is 9.84 Å². The van der Waals surface area contributed by atoms with E-state index in [1.54, 1.807) is 0 Å². The topological polar surface area (TPSA) is 262 Å². The van der Waals surface area contributed by atoms with Crippen LogP contribution in [0.2, 0.25) is 0 Å². The number of aliphatic carboxylic acids is 1. The molecule has 2 saturated heterocycles. The number of benzene rings is 5. The number of rotatable bonds is 21. The molecule has 0 bridgehead atoms. The van der Waals surface area contributed by atoms with Gasteiger partial charge in [-0.15, -0.1) is 0 Å². The largest absolute Gasteiger partial charge is 0.483 e. The number of nitrogens with one attached hydrogen (secondary N) is 6. The number of ether oxygens (including phenoxy) is 1. The Morgan fingerprint density at radius 1 is 0.432 bits per heavy atom. The number of carbonyl (C=O) groups excluding carboxylic acids is 8. The summed E-state index contributed by atoms with van der Waals surface area (Å²) in [5.41, 5.74) is 4.28. The highest BCUT2D eigenvalue weighted by Gasteiger charge is 2.51. The van der Waals surface area contributed by atoms with Crippen LogP contribution < -0.4 is 36.6 Å². The molecule has 81 heavy (non-hydrogen) atoms. The van der Waals surface area contributed by atoms with Crippen molar-refractivity contribution < 1.29 is 53.0 Å². The van der Waals surface area contributed by atoms with E-state index in [0.29, 0.717) is 0 Å². The second-order valence-corrected chi connectivity index (χ2v) is 22.3. The smallest absolute Gasteiger partial charge is 0.322 e. The number of hydrogen-bond donors (Lipinski definition) is 7. The zero-order chi connectivity index (χ0) is 56.3. The predicted octanol–water partition coefficient (Wildman–Crippen LogP) is 3.45. The van der Waals surface area contributed by atoms with Crippen molar-refractivity contribution in [1.82, 2.24) is 41.7 Å². The third-order valence-corrected chi connectivity index (χ3v) is 16.6. The van der Waals surface area contributed by atoms with Crippen LogP contribution in [-0.2, 0) is 33.6 Å². The Hall–Kier alpha value is -8.87. The molecule has 6 aliphatic rings. The van der Waals surface area contributed by atoms with Crippen molar-refractivity contribution in [2.45, 2.75) is 73.5 Å². The minimum absolute atomic E-state index is 0.0126. The molecule has 2 heterocycles. The van der Waals surface area contributed by atoms with Crippen LogP contribution >= 0.6 is 0 Å². The van der Waals surface area contributed by atoms with E-state index < -0.39 is 73.0 Å². The fourth-order valence-electron chi connectivity index (χ4n) is 11.8. The number of carbonyl (C=O) groups is 9. The van der Waals surface area contributed by atoms with Crippen molar-refractivity contribution in [3.05, 3.63) is 173 Å². The van der Waals surface area contributed by atoms with Gasteiger partial charge in [0.05, 0.1) is 35.8 Å². The lowest BCUT2D eigenvalue weighted by Crippen LogP contribution is -2.43. The maximum Gasteiger partial charge on any atom is 0.322 e. The van der Waals surface area contributed by atoms with Crippen LogP contribution in [0.5, 0.6) is 5.75 Å². The van der Waals surface area contributed by atoms with Crippen LogP contribution in [-0.4, -0.2) is 138 Å². The van der Waals surface area contributed by atoms with Crippen LogP contribution in [0.4, 0.5) is 0 Å². The van der Waals surface area contributed by atoms with Gasteiger partial charge in [-0.05, 0) is 66.1 Å². The molecule has 19 nitrogen and oxygen atoms in total. The van der Waals surface area contributed by atoms with E-state index in [1.807, 2.05) is 121 Å². The Morgan fingerprint density at radius 3 is 1.14 bits per heavy atom. The second-order valence-electron chi connectivity index (χ2n) is 22.3. The Kier molecular flexibility index (Phi) is 15.7. The average molecular weight is 1100 g/mol. The van der Waals surface area contributed by atoms with Crippen molar-refractivity contribution in [1.29, 1.82) is 0 Å². The first-order chi connectivity index (χ1) is 39.3. The maximum absolute atomic E-state index is 14.9.